The van der Waals surface area contributed by atoms with E-state index in [1.165, 1.54) is 18.2 Å². The zero-order valence-electron chi connectivity index (χ0n) is 8.95. The van der Waals surface area contributed by atoms with Crippen LogP contribution in [0.2, 0.25) is 0 Å². The second-order valence-corrected chi connectivity index (χ2v) is 3.61. The molecule has 2 rings (SSSR count). The Hall–Kier alpha value is -2.31. The van der Waals surface area contributed by atoms with E-state index in [0.29, 0.717) is 11.3 Å². The smallest absolute Gasteiger partial charge is 0.364 e. The van der Waals surface area contributed by atoms with E-state index in [1.807, 2.05) is 0 Å². The van der Waals surface area contributed by atoms with E-state index in [1.54, 1.807) is 0 Å². The van der Waals surface area contributed by atoms with Gasteiger partial charge >= 0.3 is 6.18 Å². The number of halogens is 3. The van der Waals surface area contributed by atoms with Gasteiger partial charge in [0.2, 0.25) is 0 Å². The fraction of sp³-hybridized carbons (Fsp3) is 0.0909. The number of H-pyrrole nitrogens is 1. The largest absolute Gasteiger partial charge is 0.416 e. The van der Waals surface area contributed by atoms with E-state index >= 15 is 0 Å². The van der Waals surface area contributed by atoms with Gasteiger partial charge in [0.25, 0.3) is 5.91 Å². The Morgan fingerprint density at radius 1 is 1.22 bits per heavy atom. The minimum absolute atomic E-state index is 0.102. The lowest BCUT2D eigenvalue weighted by molar-refractivity contribution is -0.137. The van der Waals surface area contributed by atoms with Gasteiger partial charge in [0.05, 0.1) is 11.3 Å². The Balaban J connectivity index is 2.31. The Bertz CT molecular complexity index is 572. The molecule has 7 heteroatoms. The van der Waals surface area contributed by atoms with Crippen molar-refractivity contribution >= 4 is 5.91 Å². The lowest BCUT2D eigenvalue weighted by atomic mass is 10.1. The minimum atomic E-state index is -4.37. The monoisotopic (exact) mass is 255 g/mol. The summed E-state index contributed by atoms with van der Waals surface area (Å²) in [5, 5.41) is 6.19. The highest BCUT2D eigenvalue weighted by atomic mass is 19.4. The van der Waals surface area contributed by atoms with Crippen LogP contribution in [-0.4, -0.2) is 16.1 Å². The first-order valence-electron chi connectivity index (χ1n) is 4.91. The van der Waals surface area contributed by atoms with Crippen molar-refractivity contribution in [2.75, 3.05) is 0 Å². The summed E-state index contributed by atoms with van der Waals surface area (Å²) in [5.41, 5.74) is 5.21. The highest BCUT2D eigenvalue weighted by Gasteiger charge is 2.30. The van der Waals surface area contributed by atoms with Crippen LogP contribution in [0.15, 0.2) is 30.3 Å². The number of aromatic nitrogens is 2. The maximum Gasteiger partial charge on any atom is 0.416 e. The molecule has 0 aliphatic carbocycles. The van der Waals surface area contributed by atoms with E-state index in [-0.39, 0.29) is 5.69 Å². The van der Waals surface area contributed by atoms with E-state index in [0.717, 1.165) is 12.1 Å². The van der Waals surface area contributed by atoms with Gasteiger partial charge in [-0.15, -0.1) is 0 Å². The normalized spacial score (nSPS) is 11.5. The summed E-state index contributed by atoms with van der Waals surface area (Å²) in [6.45, 7) is 0. The first-order valence-corrected chi connectivity index (χ1v) is 4.91. The predicted octanol–water partition coefficient (Wildman–Crippen LogP) is 2.19. The Morgan fingerprint density at radius 2 is 1.83 bits per heavy atom. The molecule has 4 nitrogen and oxygen atoms in total. The van der Waals surface area contributed by atoms with Gasteiger partial charge in [-0.1, -0.05) is 12.1 Å². The number of aromatic amines is 1. The number of primary amides is 1. The number of nitrogens with zero attached hydrogens (tertiary/aromatic N) is 1. The number of alkyl halides is 3. The summed E-state index contributed by atoms with van der Waals surface area (Å²) in [7, 11) is 0. The van der Waals surface area contributed by atoms with Crippen LogP contribution in [0.25, 0.3) is 11.3 Å². The molecule has 1 heterocycles. The van der Waals surface area contributed by atoms with Gasteiger partial charge in [0.1, 0.15) is 5.69 Å². The predicted molar refractivity (Wildman–Crippen MR) is 57.5 cm³/mol. The second-order valence-electron chi connectivity index (χ2n) is 3.61. The number of nitrogens with two attached hydrogens (primary N) is 1. The molecule has 1 amide bonds. The van der Waals surface area contributed by atoms with Crippen LogP contribution in [0.4, 0.5) is 13.2 Å². The summed E-state index contributed by atoms with van der Waals surface area (Å²) >= 11 is 0. The molecule has 0 atom stereocenters. The molecule has 1 aromatic heterocycles. The summed E-state index contributed by atoms with van der Waals surface area (Å²) in [6, 6.07) is 5.85. The molecule has 0 unspecified atom stereocenters. The van der Waals surface area contributed by atoms with Gasteiger partial charge in [-0.25, -0.2) is 0 Å². The first kappa shape index (κ1) is 12.2. The Kier molecular flexibility index (Phi) is 2.82. The average molecular weight is 255 g/mol. The Labute approximate surface area is 99.6 Å². The van der Waals surface area contributed by atoms with E-state index < -0.39 is 17.6 Å². The highest BCUT2D eigenvalue weighted by Crippen LogP contribution is 2.30. The van der Waals surface area contributed by atoms with Gasteiger partial charge in [0, 0.05) is 5.56 Å². The summed E-state index contributed by atoms with van der Waals surface area (Å²) in [5.74, 6) is -0.680. The molecule has 0 bridgehead atoms. The lowest BCUT2D eigenvalue weighted by Crippen LogP contribution is -2.10. The molecule has 0 aliphatic rings. The van der Waals surface area contributed by atoms with E-state index in [2.05, 4.69) is 10.2 Å². The number of benzene rings is 1. The molecule has 0 aliphatic heterocycles. The van der Waals surface area contributed by atoms with Crippen LogP contribution in [0, 0.1) is 0 Å². The third kappa shape index (κ3) is 2.34. The molecule has 2 aromatic rings. The zero-order valence-corrected chi connectivity index (χ0v) is 8.95. The molecular weight excluding hydrogens is 247 g/mol. The van der Waals surface area contributed by atoms with Crippen molar-refractivity contribution in [3.63, 3.8) is 0 Å². The minimum Gasteiger partial charge on any atom is -0.364 e. The highest BCUT2D eigenvalue weighted by molar-refractivity contribution is 5.91. The van der Waals surface area contributed by atoms with Gasteiger partial charge in [-0.05, 0) is 18.2 Å². The molecule has 0 spiro atoms. The van der Waals surface area contributed by atoms with E-state index in [9.17, 15) is 18.0 Å². The molecule has 0 fully saturated rings. The van der Waals surface area contributed by atoms with Crippen molar-refractivity contribution in [1.82, 2.24) is 10.2 Å². The number of carbonyl (C=O) groups is 1. The molecule has 1 aromatic carbocycles. The number of amides is 1. The van der Waals surface area contributed by atoms with Gasteiger partial charge in [-0.3, -0.25) is 9.89 Å². The third-order valence-electron chi connectivity index (χ3n) is 2.35. The van der Waals surface area contributed by atoms with Crippen LogP contribution < -0.4 is 5.73 Å². The van der Waals surface area contributed by atoms with Gasteiger partial charge in [0.15, 0.2) is 0 Å². The maximum absolute atomic E-state index is 12.3. The van der Waals surface area contributed by atoms with Crippen molar-refractivity contribution in [1.29, 1.82) is 0 Å². The first-order chi connectivity index (χ1) is 8.38. The molecule has 0 radical (unpaired) electrons. The van der Waals surface area contributed by atoms with Gasteiger partial charge in [-0.2, -0.15) is 18.3 Å². The molecule has 3 N–H and O–H groups in total. The van der Waals surface area contributed by atoms with Crippen molar-refractivity contribution in [3.05, 3.63) is 41.6 Å². The number of rotatable bonds is 2. The van der Waals surface area contributed by atoms with Crippen LogP contribution >= 0.6 is 0 Å². The van der Waals surface area contributed by atoms with Crippen molar-refractivity contribution in [2.24, 2.45) is 5.73 Å². The summed E-state index contributed by atoms with van der Waals surface area (Å²) in [6.07, 6.45) is -4.37. The van der Waals surface area contributed by atoms with Crippen LogP contribution in [0.5, 0.6) is 0 Å². The fourth-order valence-corrected chi connectivity index (χ4v) is 1.43. The van der Waals surface area contributed by atoms with Gasteiger partial charge < -0.3 is 5.73 Å². The van der Waals surface area contributed by atoms with Crippen molar-refractivity contribution in [3.8, 4) is 11.3 Å². The average Bonchev–Trinajstić information content (AvgIpc) is 2.77. The van der Waals surface area contributed by atoms with Crippen LogP contribution in [0.3, 0.4) is 0 Å². The molecular formula is C11H8F3N3O. The number of hydrogen-bond acceptors (Lipinski definition) is 2. The fourth-order valence-electron chi connectivity index (χ4n) is 1.43. The molecule has 0 saturated carbocycles. The lowest BCUT2D eigenvalue weighted by Gasteiger charge is -2.06. The maximum atomic E-state index is 12.3. The Morgan fingerprint density at radius 3 is 2.28 bits per heavy atom. The third-order valence-corrected chi connectivity index (χ3v) is 2.35. The summed E-state index contributed by atoms with van der Waals surface area (Å²) < 4.78 is 37.0. The standard InChI is InChI=1S/C11H8F3N3O/c12-11(13,14)7-3-1-6(2-4-7)8-5-9(10(15)18)17-16-8/h1-5H,(H2,15,18)(H,16,17). The quantitative estimate of drug-likeness (QED) is 0.863. The van der Waals surface area contributed by atoms with Crippen LogP contribution in [-0.2, 0) is 6.18 Å². The topological polar surface area (TPSA) is 71.8 Å². The second kappa shape index (κ2) is 4.17. The number of hydrogen-bond donors (Lipinski definition) is 2. The molecule has 18 heavy (non-hydrogen) atoms. The summed E-state index contributed by atoms with van der Waals surface area (Å²) in [4.78, 5) is 10.8. The van der Waals surface area contributed by atoms with Crippen molar-refractivity contribution < 1.29 is 18.0 Å². The van der Waals surface area contributed by atoms with Crippen LogP contribution in [0.1, 0.15) is 16.1 Å². The zero-order chi connectivity index (χ0) is 13.3. The molecule has 0 saturated heterocycles. The van der Waals surface area contributed by atoms with Crippen molar-refractivity contribution in [2.45, 2.75) is 6.18 Å². The number of carbonyl (C=O) groups excluding carboxylic acids is 1. The SMILES string of the molecule is NC(=O)c1cc(-c2ccc(C(F)(F)F)cc2)n[nH]1. The molecule has 94 valence electrons. The number of nitrogens with one attached hydrogen (secondary N) is 1. The van der Waals surface area contributed by atoms with E-state index in [4.69, 9.17) is 5.73 Å².